The first-order valence-electron chi connectivity index (χ1n) is 13.4. The molecule has 0 saturated carbocycles. The molecule has 2 nitrogen and oxygen atoms in total. The van der Waals surface area contributed by atoms with Crippen molar-refractivity contribution in [2.75, 3.05) is 13.1 Å². The number of likely N-dealkylation sites (tertiary alicyclic amines) is 1. The van der Waals surface area contributed by atoms with Crippen molar-refractivity contribution >= 4 is 19.2 Å². The first-order valence-corrected chi connectivity index (χ1v) is 14.4. The van der Waals surface area contributed by atoms with Gasteiger partial charge in [-0.3, -0.25) is 4.90 Å². The van der Waals surface area contributed by atoms with Crippen LogP contribution in [-0.4, -0.2) is 23.1 Å². The van der Waals surface area contributed by atoms with Crippen molar-refractivity contribution in [3.05, 3.63) is 101 Å². The summed E-state index contributed by atoms with van der Waals surface area (Å²) in [4.78, 5) is 2.44. The van der Waals surface area contributed by atoms with Crippen LogP contribution in [0.15, 0.2) is 78.9 Å². The third-order valence-electron chi connectivity index (χ3n) is 7.55. The van der Waals surface area contributed by atoms with E-state index in [1.54, 1.807) is 12.1 Å². The number of allylic oxidation sites excluding steroid dienone is 8. The Morgan fingerprint density at radius 3 is 2.22 bits per heavy atom. The zero-order valence-corrected chi connectivity index (χ0v) is 22.0. The lowest BCUT2D eigenvalue weighted by atomic mass is 9.89. The van der Waals surface area contributed by atoms with Gasteiger partial charge in [0.1, 0.15) is 11.6 Å². The van der Waals surface area contributed by atoms with E-state index in [1.165, 1.54) is 24.8 Å². The highest BCUT2D eigenvalue weighted by atomic mass is 31.1. The van der Waals surface area contributed by atoms with Crippen LogP contribution in [0.3, 0.4) is 0 Å². The minimum absolute atomic E-state index is 0.177. The number of hydrogen-bond acceptors (Lipinski definition) is 2. The molecule has 0 aromatic heterocycles. The molecule has 36 heavy (non-hydrogen) atoms. The second kappa shape index (κ2) is 12.2. The number of halogens is 1. The molecule has 1 fully saturated rings. The van der Waals surface area contributed by atoms with Crippen LogP contribution in [0.4, 0.5) is 4.39 Å². The Labute approximate surface area is 217 Å². The molecule has 0 radical (unpaired) electrons. The van der Waals surface area contributed by atoms with Gasteiger partial charge in [-0.1, -0.05) is 75.7 Å². The van der Waals surface area contributed by atoms with Crippen LogP contribution in [0.2, 0.25) is 0 Å². The van der Waals surface area contributed by atoms with Crippen molar-refractivity contribution in [2.45, 2.75) is 51.5 Å². The van der Waals surface area contributed by atoms with Crippen LogP contribution >= 0.6 is 8.58 Å². The Hall–Kier alpha value is -2.48. The van der Waals surface area contributed by atoms with E-state index in [4.69, 9.17) is 0 Å². The monoisotopic (exact) mass is 501 g/mol. The normalized spacial score (nSPS) is 22.1. The van der Waals surface area contributed by atoms with Gasteiger partial charge in [0.05, 0.1) is 0 Å². The second-order valence-electron chi connectivity index (χ2n) is 10.4. The van der Waals surface area contributed by atoms with Crippen LogP contribution in [0.5, 0.6) is 5.75 Å². The van der Waals surface area contributed by atoms with E-state index in [0.717, 1.165) is 67.1 Å². The predicted molar refractivity (Wildman–Crippen MR) is 151 cm³/mol. The van der Waals surface area contributed by atoms with E-state index in [-0.39, 0.29) is 5.82 Å². The Morgan fingerprint density at radius 1 is 0.806 bits per heavy atom. The third-order valence-corrected chi connectivity index (χ3v) is 8.95. The molecule has 4 heteroatoms. The fourth-order valence-corrected chi connectivity index (χ4v) is 6.90. The lowest BCUT2D eigenvalue weighted by Crippen LogP contribution is -2.30. The second-order valence-corrected chi connectivity index (χ2v) is 11.8. The summed E-state index contributed by atoms with van der Waals surface area (Å²) in [6, 6.07) is 9.64. The summed E-state index contributed by atoms with van der Waals surface area (Å²) in [5.74, 6) is 1.14. The molecular weight excluding hydrogens is 464 g/mol. The molecule has 1 saturated heterocycles. The van der Waals surface area contributed by atoms with Gasteiger partial charge in [-0.05, 0) is 104 Å². The maximum atomic E-state index is 14.3. The van der Waals surface area contributed by atoms with Crippen LogP contribution < -0.4 is 10.6 Å². The number of aromatic hydroxyl groups is 1. The molecule has 3 atom stereocenters. The minimum atomic E-state index is -0.177. The molecule has 2 aromatic carbocycles. The SMILES string of the molecule is Oc1c(CC2C=CC=CC2)cc(CC2C=CC=CC2)cc1Pc1ccc(F)cc1CN1CCCCC1. The summed E-state index contributed by atoms with van der Waals surface area (Å²) < 4.78 is 14.3. The Morgan fingerprint density at radius 2 is 1.53 bits per heavy atom. The Bertz CT molecular complexity index is 1170. The van der Waals surface area contributed by atoms with Crippen molar-refractivity contribution in [3.8, 4) is 5.75 Å². The van der Waals surface area contributed by atoms with Crippen LogP contribution in [0.25, 0.3) is 0 Å². The van der Waals surface area contributed by atoms with E-state index >= 15 is 0 Å². The van der Waals surface area contributed by atoms with Crippen LogP contribution in [0, 0.1) is 17.7 Å². The quantitative estimate of drug-likeness (QED) is 0.418. The van der Waals surface area contributed by atoms with Crippen LogP contribution in [-0.2, 0) is 19.4 Å². The van der Waals surface area contributed by atoms with Crippen molar-refractivity contribution in [2.24, 2.45) is 11.8 Å². The lowest BCUT2D eigenvalue weighted by Gasteiger charge is -2.27. The maximum absolute atomic E-state index is 14.3. The van der Waals surface area contributed by atoms with Gasteiger partial charge >= 0.3 is 0 Å². The number of piperidine rings is 1. The number of nitrogens with zero attached hydrogens (tertiary/aromatic N) is 1. The molecule has 5 rings (SSSR count). The van der Waals surface area contributed by atoms with Gasteiger partial charge in [0.25, 0.3) is 0 Å². The molecule has 1 heterocycles. The highest BCUT2D eigenvalue weighted by Gasteiger charge is 2.19. The summed E-state index contributed by atoms with van der Waals surface area (Å²) >= 11 is 0. The maximum Gasteiger partial charge on any atom is 0.126 e. The van der Waals surface area contributed by atoms with Gasteiger partial charge in [0, 0.05) is 11.8 Å². The average Bonchev–Trinajstić information content (AvgIpc) is 2.90. The first kappa shape index (κ1) is 25.2. The fraction of sp³-hybridized carbons (Fsp3) is 0.375. The summed E-state index contributed by atoms with van der Waals surface area (Å²) in [5.41, 5.74) is 3.38. The molecule has 0 bridgehead atoms. The molecule has 3 aliphatic rings. The molecule has 2 aliphatic carbocycles. The van der Waals surface area contributed by atoms with Crippen molar-refractivity contribution < 1.29 is 9.50 Å². The van der Waals surface area contributed by atoms with E-state index < -0.39 is 0 Å². The van der Waals surface area contributed by atoms with Gasteiger partial charge in [-0.15, -0.1) is 0 Å². The Kier molecular flexibility index (Phi) is 8.51. The summed E-state index contributed by atoms with van der Waals surface area (Å²) in [6.07, 6.45) is 25.0. The number of hydrogen-bond donors (Lipinski definition) is 1. The first-order chi connectivity index (χ1) is 17.6. The van der Waals surface area contributed by atoms with E-state index in [1.807, 2.05) is 6.07 Å². The lowest BCUT2D eigenvalue weighted by molar-refractivity contribution is 0.221. The summed E-state index contributed by atoms with van der Waals surface area (Å²) in [6.45, 7) is 2.94. The number of phenolic OH excluding ortho intramolecular Hbond substituents is 1. The number of benzene rings is 2. The van der Waals surface area contributed by atoms with E-state index in [0.29, 0.717) is 26.2 Å². The summed E-state index contributed by atoms with van der Waals surface area (Å²) in [5, 5.41) is 13.6. The van der Waals surface area contributed by atoms with Crippen LogP contribution in [0.1, 0.15) is 48.8 Å². The minimum Gasteiger partial charge on any atom is -0.507 e. The van der Waals surface area contributed by atoms with Gasteiger partial charge in [-0.2, -0.15) is 0 Å². The van der Waals surface area contributed by atoms with E-state index in [9.17, 15) is 9.50 Å². The zero-order chi connectivity index (χ0) is 24.7. The van der Waals surface area contributed by atoms with Gasteiger partial charge in [0.15, 0.2) is 0 Å². The largest absolute Gasteiger partial charge is 0.507 e. The van der Waals surface area contributed by atoms with Crippen molar-refractivity contribution in [3.63, 3.8) is 0 Å². The highest BCUT2D eigenvalue weighted by molar-refractivity contribution is 7.55. The van der Waals surface area contributed by atoms with Crippen molar-refractivity contribution in [1.29, 1.82) is 0 Å². The topological polar surface area (TPSA) is 23.5 Å². The third kappa shape index (κ3) is 6.64. The van der Waals surface area contributed by atoms with Crippen molar-refractivity contribution in [1.82, 2.24) is 4.90 Å². The molecule has 3 unspecified atom stereocenters. The Balaban J connectivity index is 1.44. The van der Waals surface area contributed by atoms with Gasteiger partial charge in [-0.25, -0.2) is 4.39 Å². The predicted octanol–water partition coefficient (Wildman–Crippen LogP) is 6.50. The van der Waals surface area contributed by atoms with E-state index in [2.05, 4.69) is 65.6 Å². The average molecular weight is 502 g/mol. The highest BCUT2D eigenvalue weighted by Crippen LogP contribution is 2.31. The molecule has 2 aromatic rings. The molecular formula is C32H37FNOP. The molecule has 1 aliphatic heterocycles. The van der Waals surface area contributed by atoms with Gasteiger partial charge in [0.2, 0.25) is 0 Å². The summed E-state index contributed by atoms with van der Waals surface area (Å²) in [7, 11) is 0.302. The molecule has 0 spiro atoms. The smallest absolute Gasteiger partial charge is 0.126 e. The van der Waals surface area contributed by atoms with Gasteiger partial charge < -0.3 is 5.11 Å². The zero-order valence-electron chi connectivity index (χ0n) is 21.0. The molecule has 1 N–H and O–H groups in total. The molecule has 0 amide bonds. The fourth-order valence-electron chi connectivity index (χ4n) is 5.60. The standard InChI is InChI=1S/C32H37FNOP/c33-29-14-15-30(28(22-29)23-34-16-8-3-9-17-34)36-31-21-26(18-24-10-4-1-5-11-24)20-27(32(31)35)19-25-12-6-2-7-13-25/h1-2,4-7,10,12,14-15,20-22,24-25,35-36H,3,8-9,11,13,16-19,23H2. The molecule has 188 valence electrons. The number of phenols is 1. The number of rotatable bonds is 8.